The SMILES string of the molecule is CCCCCCC(=O)O.FC(F)(F)c1ccc(OCCCOc2c(Cl)cc(OCC=C(Cl)Cl)cc2Cl)nc1.N#Cc1cc(Br)c(O)c(Br)c1.O=[N+]([O-])/N=C1\NCCN1Cc1ccc(Cl)nc1. The lowest BCUT2D eigenvalue weighted by Crippen LogP contribution is -2.30. The van der Waals surface area contributed by atoms with Crippen molar-refractivity contribution in [2.24, 2.45) is 5.10 Å². The molecule has 0 aliphatic carbocycles. The van der Waals surface area contributed by atoms with E-state index in [4.69, 9.17) is 82.6 Å². The average molecular weight is 1150 g/mol. The van der Waals surface area contributed by atoms with Crippen LogP contribution in [0.3, 0.4) is 0 Å². The average Bonchev–Trinajstić information content (AvgIpc) is 3.68. The van der Waals surface area contributed by atoms with Crippen molar-refractivity contribution in [3.05, 3.63) is 122 Å². The fraction of sp³-hybridized carbons (Fsp3) is 0.341. The Hall–Kier alpha value is -4.49. The van der Waals surface area contributed by atoms with Gasteiger partial charge in [-0.15, -0.1) is 0 Å². The summed E-state index contributed by atoms with van der Waals surface area (Å²) >= 11 is 35.2. The molecule has 0 unspecified atom stereocenters. The lowest BCUT2D eigenvalue weighted by molar-refractivity contribution is -0.485. The number of pyridine rings is 2. The largest absolute Gasteiger partial charge is 0.506 e. The van der Waals surface area contributed by atoms with Crippen LogP contribution in [0.5, 0.6) is 23.1 Å². The maximum Gasteiger partial charge on any atom is 0.417 e. The Balaban J connectivity index is 0.000000339. The fourth-order valence-corrected chi connectivity index (χ4v) is 6.91. The molecule has 25 heteroatoms. The van der Waals surface area contributed by atoms with Gasteiger partial charge in [-0.05, 0) is 74.2 Å². The number of nitriles is 1. The molecule has 3 heterocycles. The molecule has 1 fully saturated rings. The van der Waals surface area contributed by atoms with Gasteiger partial charge in [-0.1, -0.05) is 90.3 Å². The van der Waals surface area contributed by atoms with E-state index in [9.17, 15) is 33.2 Å². The van der Waals surface area contributed by atoms with Crippen LogP contribution in [0.1, 0.15) is 62.1 Å². The van der Waals surface area contributed by atoms with Crippen LogP contribution in [0.15, 0.2) is 85.5 Å². The van der Waals surface area contributed by atoms with Gasteiger partial charge in [-0.3, -0.25) is 4.79 Å². The topological polar surface area (TPSA) is 206 Å². The van der Waals surface area contributed by atoms with Crippen LogP contribution in [0.2, 0.25) is 15.2 Å². The number of carbonyl (C=O) groups is 1. The fourth-order valence-electron chi connectivity index (χ4n) is 4.91. The molecule has 3 N–H and O–H groups in total. The van der Waals surface area contributed by atoms with Gasteiger partial charge in [-0.25, -0.2) is 20.1 Å². The normalized spacial score (nSPS) is 12.2. The van der Waals surface area contributed by atoms with Crippen LogP contribution in [0.25, 0.3) is 0 Å². The molecule has 2 aromatic heterocycles. The molecule has 0 saturated carbocycles. The van der Waals surface area contributed by atoms with Crippen LogP contribution in [-0.4, -0.2) is 75.0 Å². The van der Waals surface area contributed by atoms with Crippen LogP contribution in [0, 0.1) is 21.4 Å². The Labute approximate surface area is 419 Å². The smallest absolute Gasteiger partial charge is 0.417 e. The third kappa shape index (κ3) is 23.3. The first kappa shape index (κ1) is 57.6. The van der Waals surface area contributed by atoms with Gasteiger partial charge in [0.2, 0.25) is 5.88 Å². The summed E-state index contributed by atoms with van der Waals surface area (Å²) in [5.41, 5.74) is 0.586. The van der Waals surface area contributed by atoms with Gasteiger partial charge in [0, 0.05) is 63.1 Å². The van der Waals surface area contributed by atoms with E-state index < -0.39 is 22.7 Å². The molecule has 1 aliphatic rings. The molecule has 0 bridgehead atoms. The number of alkyl halides is 3. The molecule has 66 heavy (non-hydrogen) atoms. The zero-order valence-corrected chi connectivity index (χ0v) is 41.6. The highest BCUT2D eigenvalue weighted by molar-refractivity contribution is 9.11. The number of benzene rings is 2. The highest BCUT2D eigenvalue weighted by Gasteiger charge is 2.30. The van der Waals surface area contributed by atoms with Gasteiger partial charge in [0.1, 0.15) is 32.9 Å². The Morgan fingerprint density at radius 3 is 2.20 bits per heavy atom. The molecule has 1 saturated heterocycles. The lowest BCUT2D eigenvalue weighted by Gasteiger charge is -2.14. The first-order valence-electron chi connectivity index (χ1n) is 19.3. The predicted molar refractivity (Wildman–Crippen MR) is 253 cm³/mol. The van der Waals surface area contributed by atoms with Crippen molar-refractivity contribution in [2.45, 2.75) is 58.2 Å². The highest BCUT2D eigenvalue weighted by Crippen LogP contribution is 2.37. The van der Waals surface area contributed by atoms with Crippen LogP contribution >= 0.6 is 89.9 Å². The summed E-state index contributed by atoms with van der Waals surface area (Å²) in [5, 5.41) is 42.6. The summed E-state index contributed by atoms with van der Waals surface area (Å²) in [6.45, 7) is 4.49. The minimum atomic E-state index is -4.44. The van der Waals surface area contributed by atoms with E-state index in [0.29, 0.717) is 64.1 Å². The summed E-state index contributed by atoms with van der Waals surface area (Å²) in [7, 11) is 0. The molecule has 4 aromatic rings. The molecule has 358 valence electrons. The summed E-state index contributed by atoms with van der Waals surface area (Å²) in [4.78, 5) is 29.6. The van der Waals surface area contributed by atoms with Crippen molar-refractivity contribution in [1.29, 1.82) is 5.26 Å². The molecule has 1 aliphatic heterocycles. The van der Waals surface area contributed by atoms with Crippen molar-refractivity contribution in [3.8, 4) is 29.2 Å². The number of aromatic hydroxyl groups is 1. The minimum absolute atomic E-state index is 0.0795. The maximum atomic E-state index is 12.5. The second kappa shape index (κ2) is 30.7. The second-order valence-corrected chi connectivity index (χ2v) is 17.0. The van der Waals surface area contributed by atoms with E-state index >= 15 is 0 Å². The molecule has 0 amide bonds. The first-order chi connectivity index (χ1) is 31.2. The van der Waals surface area contributed by atoms with Gasteiger partial charge in [0.25, 0.3) is 5.96 Å². The number of aromatic nitrogens is 2. The monoisotopic (exact) mass is 1150 g/mol. The summed E-state index contributed by atoms with van der Waals surface area (Å²) in [6.07, 6.45) is 4.36. The number of phenolic OH excluding ortho intramolecular Hbond substituents is 1. The predicted octanol–water partition coefficient (Wildman–Crippen LogP) is 12.5. The molecule has 15 nitrogen and oxygen atoms in total. The number of phenols is 1. The van der Waals surface area contributed by atoms with Crippen molar-refractivity contribution in [1.82, 2.24) is 20.2 Å². The Morgan fingerprint density at radius 1 is 1.00 bits per heavy atom. The Bertz CT molecular complexity index is 2230. The van der Waals surface area contributed by atoms with Crippen molar-refractivity contribution in [2.75, 3.05) is 32.9 Å². The van der Waals surface area contributed by atoms with Crippen LogP contribution in [-0.2, 0) is 17.5 Å². The van der Waals surface area contributed by atoms with Gasteiger partial charge in [0.05, 0.1) is 49.4 Å². The molecule has 5 rings (SSSR count). The number of guanidine groups is 1. The van der Waals surface area contributed by atoms with E-state index in [1.807, 2.05) is 12.1 Å². The van der Waals surface area contributed by atoms with Crippen molar-refractivity contribution < 1.29 is 47.4 Å². The number of carboxylic acids is 1. The Morgan fingerprint density at radius 2 is 1.67 bits per heavy atom. The first-order valence-corrected chi connectivity index (χ1v) is 22.8. The number of rotatable bonds is 17. The molecular weight excluding hydrogens is 1110 g/mol. The number of hydrazone groups is 1. The van der Waals surface area contributed by atoms with Crippen molar-refractivity contribution >= 4 is 102 Å². The molecule has 2 aromatic carbocycles. The number of nitro groups is 1. The minimum Gasteiger partial charge on any atom is -0.506 e. The highest BCUT2D eigenvalue weighted by atomic mass is 79.9. The Kier molecular flexibility index (Phi) is 26.8. The third-order valence-electron chi connectivity index (χ3n) is 8.00. The van der Waals surface area contributed by atoms with Crippen LogP contribution in [0.4, 0.5) is 13.2 Å². The number of carboxylic acid groups (broad SMARTS) is 1. The quantitative estimate of drug-likeness (QED) is 0.0390. The number of halogens is 10. The third-order valence-corrected chi connectivity index (χ3v) is 10.3. The maximum absolute atomic E-state index is 12.5. The summed E-state index contributed by atoms with van der Waals surface area (Å²) in [6, 6.07) is 13.7. The van der Waals surface area contributed by atoms with E-state index in [-0.39, 0.29) is 57.7 Å². The van der Waals surface area contributed by atoms with E-state index in [2.05, 4.69) is 59.2 Å². The zero-order valence-electron chi connectivity index (χ0n) is 34.6. The second-order valence-electron chi connectivity index (χ2n) is 13.1. The van der Waals surface area contributed by atoms with Crippen LogP contribution < -0.4 is 19.5 Å². The van der Waals surface area contributed by atoms with Gasteiger partial charge >= 0.3 is 12.1 Å². The van der Waals surface area contributed by atoms with E-state index in [1.165, 1.54) is 24.6 Å². The van der Waals surface area contributed by atoms with Gasteiger partial charge < -0.3 is 34.6 Å². The number of nitrogens with zero attached hydrogens (tertiary/aromatic N) is 6. The number of hydrogen-bond donors (Lipinski definition) is 3. The van der Waals surface area contributed by atoms with Crippen molar-refractivity contribution in [3.63, 3.8) is 0 Å². The lowest BCUT2D eigenvalue weighted by atomic mass is 10.2. The molecule has 0 radical (unpaired) electrons. The van der Waals surface area contributed by atoms with E-state index in [1.54, 1.807) is 29.3 Å². The number of ether oxygens (including phenoxy) is 3. The summed E-state index contributed by atoms with van der Waals surface area (Å²) < 4.78 is 54.8. The molecule has 0 atom stereocenters. The standard InChI is InChI=1S/C18H14Cl4F3NO3.C9H10ClN5O2.C7H3Br2NO.C7H14O2/c19-13-8-12(27-7-4-15(21)22)9-14(20)17(13)29-6-1-5-28-16-3-2-11(10-26-16)18(23,24)25;10-8-2-1-7(5-12-8)6-14-4-3-11-9(14)13-15(16)17;8-5-1-4(3-10)2-6(9)7(5)11;1-2-3-4-5-6-7(8)9/h2-4,8-10H,1,5-7H2;1-2,5H,3-4,6H2,(H,11,13);1-2,11H;2-6H2,1H3,(H,8,9). The number of nitrogens with one attached hydrogen (secondary N) is 1. The number of hydrogen-bond acceptors (Lipinski definition) is 10. The van der Waals surface area contributed by atoms with E-state index in [0.717, 1.165) is 37.0 Å². The molecule has 0 spiro atoms. The van der Waals surface area contributed by atoms with Gasteiger partial charge in [0.15, 0.2) is 10.8 Å². The summed E-state index contributed by atoms with van der Waals surface area (Å²) in [5.74, 6) is 0.496. The zero-order chi connectivity index (χ0) is 49.2. The molecular formula is C41H41Br2Cl5F3N7O8. The number of unbranched alkanes of at least 4 members (excludes halogenated alkanes) is 3. The number of aliphatic carboxylic acids is 1. The van der Waals surface area contributed by atoms with Gasteiger partial charge in [-0.2, -0.15) is 18.4 Å².